The lowest BCUT2D eigenvalue weighted by Gasteiger charge is -2.06. The van der Waals surface area contributed by atoms with Crippen molar-refractivity contribution < 1.29 is 9.53 Å². The summed E-state index contributed by atoms with van der Waals surface area (Å²) in [4.78, 5) is 11.4. The Hall–Kier alpha value is -1.73. The molecule has 0 fully saturated rings. The molecule has 0 heterocycles. The van der Waals surface area contributed by atoms with Crippen molar-refractivity contribution in [2.24, 2.45) is 0 Å². The molecule has 78 valence electrons. The number of carbonyl (C=O) groups is 1. The summed E-state index contributed by atoms with van der Waals surface area (Å²) in [6, 6.07) is 4.65. The molecule has 0 aliphatic rings. The third-order valence-electron chi connectivity index (χ3n) is 1.75. The Labute approximate surface area is 92.2 Å². The van der Waals surface area contributed by atoms with Crippen LogP contribution in [-0.2, 0) is 4.74 Å². The van der Waals surface area contributed by atoms with Crippen molar-refractivity contribution in [1.82, 2.24) is 0 Å². The SMILES string of the molecule is CCOC(=O)c1cc(C#N)cc(Cl)c1N. The average molecular weight is 225 g/mol. The van der Waals surface area contributed by atoms with E-state index >= 15 is 0 Å². The lowest BCUT2D eigenvalue weighted by molar-refractivity contribution is 0.0527. The molecule has 0 bridgehead atoms. The minimum Gasteiger partial charge on any atom is -0.462 e. The maximum Gasteiger partial charge on any atom is 0.340 e. The number of carbonyl (C=O) groups excluding carboxylic acids is 1. The second-order valence-corrected chi connectivity index (χ2v) is 3.16. The molecular formula is C10H9ClN2O2. The van der Waals surface area contributed by atoms with E-state index in [0.717, 1.165) is 0 Å². The number of nitrogen functional groups attached to an aromatic ring is 1. The van der Waals surface area contributed by atoms with Gasteiger partial charge in [-0.25, -0.2) is 4.79 Å². The van der Waals surface area contributed by atoms with E-state index in [0.29, 0.717) is 0 Å². The highest BCUT2D eigenvalue weighted by atomic mass is 35.5. The number of ether oxygens (including phenoxy) is 1. The zero-order chi connectivity index (χ0) is 11.4. The van der Waals surface area contributed by atoms with E-state index in [1.807, 2.05) is 6.07 Å². The van der Waals surface area contributed by atoms with Crippen LogP contribution in [0, 0.1) is 11.3 Å². The maximum atomic E-state index is 11.4. The summed E-state index contributed by atoms with van der Waals surface area (Å²) in [5.41, 5.74) is 6.13. The molecule has 4 nitrogen and oxygen atoms in total. The fraction of sp³-hybridized carbons (Fsp3) is 0.200. The van der Waals surface area contributed by atoms with Crippen molar-refractivity contribution in [2.45, 2.75) is 6.92 Å². The highest BCUT2D eigenvalue weighted by Crippen LogP contribution is 2.25. The molecule has 0 spiro atoms. The average Bonchev–Trinajstić information content (AvgIpc) is 2.22. The van der Waals surface area contributed by atoms with E-state index in [2.05, 4.69) is 0 Å². The first-order chi connectivity index (χ1) is 7.10. The Bertz CT molecular complexity index is 438. The van der Waals surface area contributed by atoms with Crippen LogP contribution >= 0.6 is 11.6 Å². The Kier molecular flexibility index (Phi) is 3.53. The highest BCUT2D eigenvalue weighted by molar-refractivity contribution is 6.34. The van der Waals surface area contributed by atoms with Crippen LogP contribution in [0.4, 0.5) is 5.69 Å². The lowest BCUT2D eigenvalue weighted by atomic mass is 10.1. The van der Waals surface area contributed by atoms with Gasteiger partial charge in [-0.05, 0) is 19.1 Å². The van der Waals surface area contributed by atoms with Crippen LogP contribution in [0.25, 0.3) is 0 Å². The van der Waals surface area contributed by atoms with Crippen molar-refractivity contribution in [1.29, 1.82) is 5.26 Å². The second kappa shape index (κ2) is 4.67. The van der Waals surface area contributed by atoms with Gasteiger partial charge in [-0.15, -0.1) is 0 Å². The summed E-state index contributed by atoms with van der Waals surface area (Å²) in [6.07, 6.45) is 0. The fourth-order valence-corrected chi connectivity index (χ4v) is 1.28. The molecule has 0 unspecified atom stereocenters. The Morgan fingerprint density at radius 1 is 1.67 bits per heavy atom. The first-order valence-electron chi connectivity index (χ1n) is 4.26. The van der Waals surface area contributed by atoms with Crippen LogP contribution in [0.2, 0.25) is 5.02 Å². The monoisotopic (exact) mass is 224 g/mol. The Balaban J connectivity index is 3.23. The van der Waals surface area contributed by atoms with Crippen molar-refractivity contribution in [3.63, 3.8) is 0 Å². The summed E-state index contributed by atoms with van der Waals surface area (Å²) in [7, 11) is 0. The Morgan fingerprint density at radius 3 is 2.87 bits per heavy atom. The van der Waals surface area contributed by atoms with E-state index in [4.69, 9.17) is 27.3 Å². The number of benzene rings is 1. The van der Waals surface area contributed by atoms with Gasteiger partial charge in [-0.2, -0.15) is 5.26 Å². The number of nitrogens with two attached hydrogens (primary N) is 1. The van der Waals surface area contributed by atoms with Crippen LogP contribution in [0.3, 0.4) is 0 Å². The smallest absolute Gasteiger partial charge is 0.340 e. The molecule has 0 radical (unpaired) electrons. The topological polar surface area (TPSA) is 76.1 Å². The molecule has 2 N–H and O–H groups in total. The van der Waals surface area contributed by atoms with Crippen molar-refractivity contribution in [3.8, 4) is 6.07 Å². The van der Waals surface area contributed by atoms with Gasteiger partial charge in [-0.1, -0.05) is 11.6 Å². The van der Waals surface area contributed by atoms with Crippen molar-refractivity contribution >= 4 is 23.3 Å². The summed E-state index contributed by atoms with van der Waals surface area (Å²) in [5.74, 6) is -0.575. The van der Waals surface area contributed by atoms with Gasteiger partial charge in [0.25, 0.3) is 0 Å². The minimum atomic E-state index is -0.575. The molecule has 0 aliphatic heterocycles. The standard InChI is InChI=1S/C10H9ClN2O2/c1-2-15-10(14)7-3-6(5-12)4-8(11)9(7)13/h3-4H,2,13H2,1H3. The van der Waals surface area contributed by atoms with E-state index in [-0.39, 0.29) is 28.4 Å². The van der Waals surface area contributed by atoms with Crippen LogP contribution in [0.5, 0.6) is 0 Å². The van der Waals surface area contributed by atoms with Gasteiger partial charge in [0, 0.05) is 0 Å². The largest absolute Gasteiger partial charge is 0.462 e. The molecule has 1 aromatic rings. The number of halogens is 1. The van der Waals surface area contributed by atoms with Gasteiger partial charge in [-0.3, -0.25) is 0 Å². The predicted molar refractivity (Wildman–Crippen MR) is 56.5 cm³/mol. The molecule has 5 heteroatoms. The molecule has 15 heavy (non-hydrogen) atoms. The second-order valence-electron chi connectivity index (χ2n) is 2.75. The summed E-state index contributed by atoms with van der Waals surface area (Å²) in [5, 5.41) is 8.87. The molecule has 0 atom stereocenters. The third kappa shape index (κ3) is 2.39. The lowest BCUT2D eigenvalue weighted by Crippen LogP contribution is -2.08. The number of nitriles is 1. The van der Waals surface area contributed by atoms with Crippen molar-refractivity contribution in [2.75, 3.05) is 12.3 Å². The first-order valence-corrected chi connectivity index (χ1v) is 4.64. The van der Waals surface area contributed by atoms with E-state index in [1.54, 1.807) is 6.92 Å². The van der Waals surface area contributed by atoms with Crippen molar-refractivity contribution in [3.05, 3.63) is 28.3 Å². The summed E-state index contributed by atoms with van der Waals surface area (Å²) in [6.45, 7) is 1.93. The van der Waals surface area contributed by atoms with E-state index < -0.39 is 5.97 Å². The first kappa shape index (κ1) is 11.3. The molecule has 0 saturated carbocycles. The third-order valence-corrected chi connectivity index (χ3v) is 2.07. The number of rotatable bonds is 2. The fourth-order valence-electron chi connectivity index (χ4n) is 1.06. The molecule has 0 saturated heterocycles. The van der Waals surface area contributed by atoms with Gasteiger partial charge >= 0.3 is 5.97 Å². The summed E-state index contributed by atoms with van der Waals surface area (Å²) < 4.78 is 4.78. The number of hydrogen-bond donors (Lipinski definition) is 1. The number of hydrogen-bond acceptors (Lipinski definition) is 4. The quantitative estimate of drug-likeness (QED) is 0.616. The van der Waals surface area contributed by atoms with Crippen LogP contribution < -0.4 is 5.73 Å². The number of anilines is 1. The van der Waals surface area contributed by atoms with Gasteiger partial charge < -0.3 is 10.5 Å². The van der Waals surface area contributed by atoms with E-state index in [9.17, 15) is 4.79 Å². The molecule has 0 aliphatic carbocycles. The molecule has 1 aromatic carbocycles. The normalized spacial score (nSPS) is 9.40. The van der Waals surface area contributed by atoms with Crippen LogP contribution in [0.15, 0.2) is 12.1 Å². The predicted octanol–water partition coefficient (Wildman–Crippen LogP) is 1.97. The molecule has 1 rings (SSSR count). The van der Waals surface area contributed by atoms with Crippen LogP contribution in [-0.4, -0.2) is 12.6 Å². The number of esters is 1. The summed E-state index contributed by atoms with van der Waals surface area (Å²) >= 11 is 5.76. The van der Waals surface area contributed by atoms with Gasteiger partial charge in [0.05, 0.1) is 34.5 Å². The van der Waals surface area contributed by atoms with E-state index in [1.165, 1.54) is 12.1 Å². The Morgan fingerprint density at radius 2 is 2.33 bits per heavy atom. The zero-order valence-corrected chi connectivity index (χ0v) is 8.84. The molecular weight excluding hydrogens is 216 g/mol. The molecule has 0 aromatic heterocycles. The number of nitrogens with zero attached hydrogens (tertiary/aromatic N) is 1. The molecule has 0 amide bonds. The van der Waals surface area contributed by atoms with Crippen LogP contribution in [0.1, 0.15) is 22.8 Å². The van der Waals surface area contributed by atoms with Gasteiger partial charge in [0.1, 0.15) is 0 Å². The highest BCUT2D eigenvalue weighted by Gasteiger charge is 2.14. The zero-order valence-electron chi connectivity index (χ0n) is 8.08. The minimum absolute atomic E-state index is 0.126. The maximum absolute atomic E-state index is 11.4. The van der Waals surface area contributed by atoms with Gasteiger partial charge in [0.15, 0.2) is 0 Å². The van der Waals surface area contributed by atoms with Gasteiger partial charge in [0.2, 0.25) is 0 Å².